The highest BCUT2D eigenvalue weighted by Crippen LogP contribution is 2.32. The normalized spacial score (nSPS) is 20.7. The van der Waals surface area contributed by atoms with Crippen molar-refractivity contribution in [3.63, 3.8) is 0 Å². The molecule has 0 aliphatic carbocycles. The molecule has 7 heteroatoms. The molecule has 31 heavy (non-hydrogen) atoms. The highest BCUT2D eigenvalue weighted by Gasteiger charge is 2.34. The van der Waals surface area contributed by atoms with Crippen molar-refractivity contribution in [3.05, 3.63) is 54.0 Å². The summed E-state index contributed by atoms with van der Waals surface area (Å²) in [5, 5.41) is 4.37. The van der Waals surface area contributed by atoms with E-state index in [1.54, 1.807) is 6.33 Å². The molecule has 162 valence electrons. The van der Waals surface area contributed by atoms with Crippen molar-refractivity contribution in [2.75, 3.05) is 24.5 Å². The molecule has 2 saturated heterocycles. The number of anilines is 1. The van der Waals surface area contributed by atoms with Gasteiger partial charge in [-0.15, -0.1) is 0 Å². The molecule has 2 aromatic heterocycles. The van der Waals surface area contributed by atoms with Gasteiger partial charge < -0.3 is 9.80 Å². The molecule has 0 unspecified atom stereocenters. The number of piperidine rings is 1. The number of rotatable bonds is 3. The predicted octanol–water partition coefficient (Wildman–Crippen LogP) is 3.73. The van der Waals surface area contributed by atoms with Crippen molar-refractivity contribution in [2.24, 2.45) is 5.92 Å². The van der Waals surface area contributed by atoms with E-state index in [9.17, 15) is 4.79 Å². The lowest BCUT2D eigenvalue weighted by Crippen LogP contribution is -2.48. The standard InChI is InChI=1S/C24H30N6O/c1-18-16-22(30-24(27-18)25-17-26-30)28-14-11-19(12-15-28)21-10-6-3-7-13-29(21)23(31)20-8-4-2-5-9-20/h2,4-5,8-9,16-17,19,21H,3,6-7,10-15H2,1H3/t21-/m1/s1. The Morgan fingerprint density at radius 3 is 2.61 bits per heavy atom. The van der Waals surface area contributed by atoms with Crippen LogP contribution in [-0.4, -0.2) is 56.1 Å². The molecule has 0 radical (unpaired) electrons. The summed E-state index contributed by atoms with van der Waals surface area (Å²) in [4.78, 5) is 26.6. The lowest BCUT2D eigenvalue weighted by atomic mass is 9.86. The zero-order chi connectivity index (χ0) is 21.2. The molecule has 7 nitrogen and oxygen atoms in total. The van der Waals surface area contributed by atoms with Crippen molar-refractivity contribution in [1.82, 2.24) is 24.5 Å². The zero-order valence-electron chi connectivity index (χ0n) is 18.2. The number of aromatic nitrogens is 4. The minimum absolute atomic E-state index is 0.198. The van der Waals surface area contributed by atoms with Crippen LogP contribution in [0.4, 0.5) is 5.82 Å². The third-order valence-electron chi connectivity index (χ3n) is 6.85. The van der Waals surface area contributed by atoms with Crippen molar-refractivity contribution >= 4 is 17.5 Å². The molecule has 2 aliphatic heterocycles. The molecule has 0 N–H and O–H groups in total. The van der Waals surface area contributed by atoms with Gasteiger partial charge in [0, 0.05) is 43.0 Å². The highest BCUT2D eigenvalue weighted by atomic mass is 16.2. The fourth-order valence-corrected chi connectivity index (χ4v) is 5.27. The van der Waals surface area contributed by atoms with E-state index in [1.165, 1.54) is 12.8 Å². The second kappa shape index (κ2) is 8.65. The quantitative estimate of drug-likeness (QED) is 0.648. The number of hydrogen-bond acceptors (Lipinski definition) is 5. The maximum Gasteiger partial charge on any atom is 0.254 e. The molecule has 0 bridgehead atoms. The van der Waals surface area contributed by atoms with Gasteiger partial charge in [-0.25, -0.2) is 4.98 Å². The highest BCUT2D eigenvalue weighted by molar-refractivity contribution is 5.94. The van der Waals surface area contributed by atoms with Crippen LogP contribution < -0.4 is 4.90 Å². The summed E-state index contributed by atoms with van der Waals surface area (Å²) in [6.45, 7) is 4.81. The van der Waals surface area contributed by atoms with Gasteiger partial charge in [0.05, 0.1) is 0 Å². The van der Waals surface area contributed by atoms with Crippen molar-refractivity contribution in [2.45, 2.75) is 51.5 Å². The summed E-state index contributed by atoms with van der Waals surface area (Å²) >= 11 is 0. The average molecular weight is 419 g/mol. The Labute approximate surface area is 183 Å². The first kappa shape index (κ1) is 20.0. The number of fused-ring (bicyclic) bond motifs is 1. The number of aryl methyl sites for hydroxylation is 1. The molecule has 2 aliphatic rings. The minimum Gasteiger partial charge on any atom is -0.356 e. The van der Waals surface area contributed by atoms with Gasteiger partial charge in [0.1, 0.15) is 12.1 Å². The molecule has 0 spiro atoms. The van der Waals surface area contributed by atoms with Gasteiger partial charge in [-0.2, -0.15) is 14.6 Å². The zero-order valence-corrected chi connectivity index (χ0v) is 18.2. The molecule has 0 saturated carbocycles. The lowest BCUT2D eigenvalue weighted by molar-refractivity contribution is 0.0588. The Morgan fingerprint density at radius 1 is 1.00 bits per heavy atom. The second-order valence-electron chi connectivity index (χ2n) is 8.83. The molecule has 4 heterocycles. The van der Waals surface area contributed by atoms with E-state index in [0.29, 0.717) is 17.7 Å². The number of carbonyl (C=O) groups is 1. The smallest absolute Gasteiger partial charge is 0.254 e. The van der Waals surface area contributed by atoms with E-state index in [2.05, 4.69) is 30.9 Å². The summed E-state index contributed by atoms with van der Waals surface area (Å²) in [7, 11) is 0. The van der Waals surface area contributed by atoms with E-state index < -0.39 is 0 Å². The van der Waals surface area contributed by atoms with Crippen LogP contribution in [0.15, 0.2) is 42.7 Å². The van der Waals surface area contributed by atoms with Crippen LogP contribution in [0.25, 0.3) is 5.78 Å². The fraction of sp³-hybridized carbons (Fsp3) is 0.500. The first-order valence-corrected chi connectivity index (χ1v) is 11.5. The summed E-state index contributed by atoms with van der Waals surface area (Å²) in [5.74, 6) is 2.46. The molecule has 2 fully saturated rings. The Balaban J connectivity index is 1.33. The third kappa shape index (κ3) is 4.01. The molecule has 1 aromatic carbocycles. The first-order chi connectivity index (χ1) is 15.2. The van der Waals surface area contributed by atoms with E-state index in [0.717, 1.165) is 62.4 Å². The molecular formula is C24H30N6O. The summed E-state index contributed by atoms with van der Waals surface area (Å²) in [5.41, 5.74) is 1.77. The van der Waals surface area contributed by atoms with Crippen LogP contribution >= 0.6 is 0 Å². The van der Waals surface area contributed by atoms with Gasteiger partial charge in [0.15, 0.2) is 0 Å². The Hall–Kier alpha value is -2.96. The Bertz CT molecular complexity index is 1040. The maximum atomic E-state index is 13.3. The van der Waals surface area contributed by atoms with Gasteiger partial charge >= 0.3 is 0 Å². The lowest BCUT2D eigenvalue weighted by Gasteiger charge is -2.41. The van der Waals surface area contributed by atoms with Crippen LogP contribution in [0.3, 0.4) is 0 Å². The maximum absolute atomic E-state index is 13.3. The van der Waals surface area contributed by atoms with Gasteiger partial charge in [-0.3, -0.25) is 4.79 Å². The third-order valence-corrected chi connectivity index (χ3v) is 6.85. The topological polar surface area (TPSA) is 66.6 Å². The minimum atomic E-state index is 0.198. The summed E-state index contributed by atoms with van der Waals surface area (Å²) < 4.78 is 1.84. The SMILES string of the molecule is Cc1cc(N2CCC([C@H]3CCCCCN3C(=O)c3ccccc3)CC2)n2ncnc2n1. The average Bonchev–Trinajstić information content (AvgIpc) is 3.14. The van der Waals surface area contributed by atoms with Crippen LogP contribution in [0.2, 0.25) is 0 Å². The van der Waals surface area contributed by atoms with Gasteiger partial charge in [-0.05, 0) is 50.7 Å². The monoisotopic (exact) mass is 418 g/mol. The van der Waals surface area contributed by atoms with E-state index in [1.807, 2.05) is 41.8 Å². The predicted molar refractivity (Wildman–Crippen MR) is 120 cm³/mol. The van der Waals surface area contributed by atoms with E-state index >= 15 is 0 Å². The molecule has 1 amide bonds. The van der Waals surface area contributed by atoms with Crippen LogP contribution in [0.5, 0.6) is 0 Å². The number of likely N-dealkylation sites (tertiary alicyclic amines) is 1. The van der Waals surface area contributed by atoms with Gasteiger partial charge in [0.2, 0.25) is 0 Å². The summed E-state index contributed by atoms with van der Waals surface area (Å²) in [6, 6.07) is 12.2. The number of nitrogens with zero attached hydrogens (tertiary/aromatic N) is 6. The molecular weight excluding hydrogens is 388 g/mol. The Kier molecular flexibility index (Phi) is 5.57. The summed E-state index contributed by atoms with van der Waals surface area (Å²) in [6.07, 6.45) is 8.39. The van der Waals surface area contributed by atoms with Crippen molar-refractivity contribution in [3.8, 4) is 0 Å². The number of carbonyl (C=O) groups excluding carboxylic acids is 1. The van der Waals surface area contributed by atoms with Crippen LogP contribution in [-0.2, 0) is 0 Å². The number of benzene rings is 1. The van der Waals surface area contributed by atoms with Gasteiger partial charge in [0.25, 0.3) is 11.7 Å². The molecule has 5 rings (SSSR count). The largest absolute Gasteiger partial charge is 0.356 e. The van der Waals surface area contributed by atoms with Crippen molar-refractivity contribution in [1.29, 1.82) is 0 Å². The molecule has 3 aromatic rings. The van der Waals surface area contributed by atoms with E-state index in [-0.39, 0.29) is 5.91 Å². The second-order valence-corrected chi connectivity index (χ2v) is 8.83. The van der Waals surface area contributed by atoms with Crippen LogP contribution in [0.1, 0.15) is 54.6 Å². The fourth-order valence-electron chi connectivity index (χ4n) is 5.27. The van der Waals surface area contributed by atoms with Crippen molar-refractivity contribution < 1.29 is 4.79 Å². The molecule has 1 atom stereocenters. The van der Waals surface area contributed by atoms with E-state index in [4.69, 9.17) is 0 Å². The number of hydrogen-bond donors (Lipinski definition) is 0. The van der Waals surface area contributed by atoms with Gasteiger partial charge in [-0.1, -0.05) is 31.0 Å². The van der Waals surface area contributed by atoms with Crippen LogP contribution in [0, 0.1) is 12.8 Å². The first-order valence-electron chi connectivity index (χ1n) is 11.5. The number of amides is 1. The Morgan fingerprint density at radius 2 is 1.81 bits per heavy atom.